The standard InChI is InChI=1S/C8H12NOP/c1-9-6-3-4-8(11)7(5-6)10-2/h3-5,9H,11H2,1-2H3. The summed E-state index contributed by atoms with van der Waals surface area (Å²) < 4.78 is 5.13. The monoisotopic (exact) mass is 169 g/mol. The number of hydrogen-bond donors (Lipinski definition) is 1. The van der Waals surface area contributed by atoms with Crippen LogP contribution in [0.25, 0.3) is 0 Å². The fourth-order valence-corrected chi connectivity index (χ4v) is 1.16. The molecule has 0 aliphatic carbocycles. The minimum absolute atomic E-state index is 0.891. The first-order valence-electron chi connectivity index (χ1n) is 3.39. The quantitative estimate of drug-likeness (QED) is 0.672. The van der Waals surface area contributed by atoms with Gasteiger partial charge in [0.2, 0.25) is 0 Å². The van der Waals surface area contributed by atoms with Crippen molar-refractivity contribution in [2.45, 2.75) is 0 Å². The van der Waals surface area contributed by atoms with Crippen molar-refractivity contribution >= 4 is 20.2 Å². The molecule has 0 spiro atoms. The first kappa shape index (κ1) is 8.35. The minimum Gasteiger partial charge on any atom is -0.496 e. The highest BCUT2D eigenvalue weighted by Crippen LogP contribution is 2.16. The molecule has 1 atom stereocenters. The minimum atomic E-state index is 0.891. The Morgan fingerprint density at radius 3 is 2.73 bits per heavy atom. The van der Waals surface area contributed by atoms with Crippen LogP contribution < -0.4 is 15.4 Å². The van der Waals surface area contributed by atoms with Crippen molar-refractivity contribution in [2.24, 2.45) is 0 Å². The average Bonchev–Trinajstić information content (AvgIpc) is 2.05. The SMILES string of the molecule is CNc1ccc(P)c(OC)c1. The zero-order valence-electron chi connectivity index (χ0n) is 6.72. The van der Waals surface area contributed by atoms with Crippen molar-refractivity contribution in [3.05, 3.63) is 18.2 Å². The molecule has 1 unspecified atom stereocenters. The smallest absolute Gasteiger partial charge is 0.128 e. The van der Waals surface area contributed by atoms with Crippen LogP contribution in [0.15, 0.2) is 18.2 Å². The number of methoxy groups -OCH3 is 1. The Kier molecular flexibility index (Phi) is 2.72. The summed E-state index contributed by atoms with van der Waals surface area (Å²) in [5.41, 5.74) is 1.06. The normalized spacial score (nSPS) is 9.36. The summed E-state index contributed by atoms with van der Waals surface area (Å²) in [5.74, 6) is 0.891. The largest absolute Gasteiger partial charge is 0.496 e. The zero-order valence-corrected chi connectivity index (χ0v) is 7.87. The van der Waals surface area contributed by atoms with Crippen LogP contribution in [0.1, 0.15) is 0 Å². The number of hydrogen-bond acceptors (Lipinski definition) is 2. The molecule has 0 aliphatic rings. The van der Waals surface area contributed by atoms with Crippen molar-refractivity contribution in [3.8, 4) is 5.75 Å². The van der Waals surface area contributed by atoms with E-state index in [0.29, 0.717) is 0 Å². The van der Waals surface area contributed by atoms with Gasteiger partial charge in [-0.3, -0.25) is 0 Å². The van der Waals surface area contributed by atoms with E-state index in [0.717, 1.165) is 16.7 Å². The van der Waals surface area contributed by atoms with Gasteiger partial charge in [0, 0.05) is 24.1 Å². The molecule has 0 saturated carbocycles. The second kappa shape index (κ2) is 3.59. The molecule has 0 radical (unpaired) electrons. The van der Waals surface area contributed by atoms with Gasteiger partial charge in [0.05, 0.1) is 7.11 Å². The van der Waals surface area contributed by atoms with Crippen molar-refractivity contribution in [1.82, 2.24) is 0 Å². The molecule has 1 N–H and O–H groups in total. The van der Waals surface area contributed by atoms with Gasteiger partial charge in [0.1, 0.15) is 5.75 Å². The molecule has 0 fully saturated rings. The average molecular weight is 169 g/mol. The van der Waals surface area contributed by atoms with Gasteiger partial charge in [-0.15, -0.1) is 9.24 Å². The Bertz CT molecular complexity index is 250. The Morgan fingerprint density at radius 2 is 2.18 bits per heavy atom. The van der Waals surface area contributed by atoms with E-state index in [1.54, 1.807) is 7.11 Å². The first-order valence-corrected chi connectivity index (χ1v) is 3.97. The van der Waals surface area contributed by atoms with Crippen LogP contribution in [0.2, 0.25) is 0 Å². The highest BCUT2D eigenvalue weighted by atomic mass is 31.0. The number of rotatable bonds is 2. The molecule has 3 heteroatoms. The summed E-state index contributed by atoms with van der Waals surface area (Å²) in [4.78, 5) is 0. The van der Waals surface area contributed by atoms with Gasteiger partial charge < -0.3 is 10.1 Å². The molecular weight excluding hydrogens is 157 g/mol. The number of ether oxygens (including phenoxy) is 1. The molecule has 0 saturated heterocycles. The third kappa shape index (κ3) is 1.84. The highest BCUT2D eigenvalue weighted by Gasteiger charge is 1.97. The fraction of sp³-hybridized carbons (Fsp3) is 0.250. The molecule has 1 aromatic rings. The lowest BCUT2D eigenvalue weighted by Crippen LogP contribution is -1.99. The van der Waals surface area contributed by atoms with E-state index in [9.17, 15) is 0 Å². The molecule has 2 nitrogen and oxygen atoms in total. The second-order valence-corrected chi connectivity index (χ2v) is 2.83. The summed E-state index contributed by atoms with van der Waals surface area (Å²) in [5, 5.41) is 4.12. The molecule has 0 bridgehead atoms. The van der Waals surface area contributed by atoms with E-state index < -0.39 is 0 Å². The molecule has 0 heterocycles. The van der Waals surface area contributed by atoms with E-state index in [1.165, 1.54) is 0 Å². The maximum Gasteiger partial charge on any atom is 0.128 e. The first-order chi connectivity index (χ1) is 5.27. The summed E-state index contributed by atoms with van der Waals surface area (Å²) in [6, 6.07) is 5.96. The van der Waals surface area contributed by atoms with Gasteiger partial charge in [-0.1, -0.05) is 0 Å². The summed E-state index contributed by atoms with van der Waals surface area (Å²) in [6.07, 6.45) is 0. The highest BCUT2D eigenvalue weighted by molar-refractivity contribution is 7.27. The van der Waals surface area contributed by atoms with E-state index >= 15 is 0 Å². The molecule has 1 rings (SSSR count). The lowest BCUT2D eigenvalue weighted by Gasteiger charge is -2.06. The number of benzene rings is 1. The van der Waals surface area contributed by atoms with E-state index in [4.69, 9.17) is 4.74 Å². The molecule has 0 aromatic heterocycles. The Labute approximate surface area is 69.2 Å². The number of anilines is 1. The molecule has 0 amide bonds. The van der Waals surface area contributed by atoms with Crippen LogP contribution in [-0.4, -0.2) is 14.2 Å². The third-order valence-electron chi connectivity index (χ3n) is 1.52. The van der Waals surface area contributed by atoms with Crippen LogP contribution in [0.3, 0.4) is 0 Å². The van der Waals surface area contributed by atoms with Crippen molar-refractivity contribution in [2.75, 3.05) is 19.5 Å². The van der Waals surface area contributed by atoms with Crippen molar-refractivity contribution in [1.29, 1.82) is 0 Å². The molecule has 0 aliphatic heterocycles. The van der Waals surface area contributed by atoms with Gasteiger partial charge >= 0.3 is 0 Å². The molecule has 11 heavy (non-hydrogen) atoms. The van der Waals surface area contributed by atoms with Gasteiger partial charge in [-0.25, -0.2) is 0 Å². The predicted molar refractivity (Wildman–Crippen MR) is 51.9 cm³/mol. The maximum absolute atomic E-state index is 5.13. The van der Waals surface area contributed by atoms with E-state index in [-0.39, 0.29) is 0 Å². The summed E-state index contributed by atoms with van der Waals surface area (Å²) in [7, 11) is 6.18. The molecular formula is C8H12NOP. The third-order valence-corrected chi connectivity index (χ3v) is 2.00. The van der Waals surface area contributed by atoms with Crippen LogP contribution in [0.5, 0.6) is 5.75 Å². The number of nitrogens with one attached hydrogen (secondary N) is 1. The van der Waals surface area contributed by atoms with Gasteiger partial charge in [-0.2, -0.15) is 0 Å². The van der Waals surface area contributed by atoms with Gasteiger partial charge in [0.25, 0.3) is 0 Å². The Morgan fingerprint density at radius 1 is 1.45 bits per heavy atom. The lowest BCUT2D eigenvalue weighted by atomic mass is 10.3. The van der Waals surface area contributed by atoms with Crippen molar-refractivity contribution in [3.63, 3.8) is 0 Å². The topological polar surface area (TPSA) is 21.3 Å². The molecule has 60 valence electrons. The van der Waals surface area contributed by atoms with E-state index in [2.05, 4.69) is 14.6 Å². The fourth-order valence-electron chi connectivity index (χ4n) is 0.867. The van der Waals surface area contributed by atoms with Crippen LogP contribution in [0.4, 0.5) is 5.69 Å². The Balaban J connectivity index is 3.02. The maximum atomic E-state index is 5.13. The van der Waals surface area contributed by atoms with Crippen LogP contribution in [-0.2, 0) is 0 Å². The van der Waals surface area contributed by atoms with E-state index in [1.807, 2.05) is 25.2 Å². The van der Waals surface area contributed by atoms with Crippen LogP contribution >= 0.6 is 9.24 Å². The van der Waals surface area contributed by atoms with Gasteiger partial charge in [-0.05, 0) is 12.1 Å². The van der Waals surface area contributed by atoms with Gasteiger partial charge in [0.15, 0.2) is 0 Å². The zero-order chi connectivity index (χ0) is 8.27. The predicted octanol–water partition coefficient (Wildman–Crippen LogP) is 1.24. The van der Waals surface area contributed by atoms with Crippen LogP contribution in [0, 0.1) is 0 Å². The summed E-state index contributed by atoms with van der Waals surface area (Å²) in [6.45, 7) is 0. The summed E-state index contributed by atoms with van der Waals surface area (Å²) >= 11 is 0. The second-order valence-electron chi connectivity index (χ2n) is 2.21. The Hall–Kier alpha value is -0.750. The molecule has 1 aromatic carbocycles. The lowest BCUT2D eigenvalue weighted by molar-refractivity contribution is 0.418. The van der Waals surface area contributed by atoms with Crippen molar-refractivity contribution < 1.29 is 4.74 Å².